The summed E-state index contributed by atoms with van der Waals surface area (Å²) in [6, 6.07) is 0. The molecule has 1 unspecified atom stereocenters. The molecule has 10 heavy (non-hydrogen) atoms. The second-order valence-corrected chi connectivity index (χ2v) is 3.49. The summed E-state index contributed by atoms with van der Waals surface area (Å²) in [6.07, 6.45) is 1.71. The average molecular weight is 145 g/mol. The van der Waals surface area contributed by atoms with Crippen LogP contribution in [0.15, 0.2) is 0 Å². The van der Waals surface area contributed by atoms with E-state index in [1.807, 2.05) is 6.92 Å². The van der Waals surface area contributed by atoms with Gasteiger partial charge in [-0.1, -0.05) is 13.8 Å². The van der Waals surface area contributed by atoms with Gasteiger partial charge in [0.2, 0.25) is 0 Å². The van der Waals surface area contributed by atoms with E-state index in [-0.39, 0.29) is 12.1 Å². The topological polar surface area (TPSA) is 46.2 Å². The molecule has 0 aliphatic rings. The summed E-state index contributed by atoms with van der Waals surface area (Å²) in [6.45, 7) is 6.50. The molecule has 0 heterocycles. The molecule has 0 amide bonds. The molecule has 0 aromatic carbocycles. The van der Waals surface area contributed by atoms with Gasteiger partial charge in [-0.25, -0.2) is 0 Å². The molecule has 0 spiro atoms. The molecule has 0 aromatic rings. The molecule has 2 nitrogen and oxygen atoms in total. The smallest absolute Gasteiger partial charge is 0.0431 e. The molecule has 3 N–H and O–H groups in total. The summed E-state index contributed by atoms with van der Waals surface area (Å²) in [5.41, 5.74) is 5.83. The Kier molecular flexibility index (Phi) is 3.91. The van der Waals surface area contributed by atoms with E-state index >= 15 is 0 Å². The molecule has 0 bridgehead atoms. The molecule has 0 aromatic heterocycles. The molecule has 2 heteroatoms. The van der Waals surface area contributed by atoms with Crippen LogP contribution in [0.1, 0.15) is 33.6 Å². The minimum absolute atomic E-state index is 0.108. The minimum atomic E-state index is -0.108. The van der Waals surface area contributed by atoms with Crippen LogP contribution in [-0.2, 0) is 0 Å². The third-order valence-corrected chi connectivity index (χ3v) is 2.19. The highest BCUT2D eigenvalue weighted by Crippen LogP contribution is 2.18. The number of hydrogen-bond donors (Lipinski definition) is 2. The quantitative estimate of drug-likeness (QED) is 0.623. The first-order chi connectivity index (χ1) is 4.50. The molecular weight excluding hydrogens is 126 g/mol. The highest BCUT2D eigenvalue weighted by Gasteiger charge is 2.21. The Morgan fingerprint density at radius 2 is 2.00 bits per heavy atom. The molecule has 1 atom stereocenters. The van der Waals surface area contributed by atoms with Gasteiger partial charge in [-0.05, 0) is 25.7 Å². The van der Waals surface area contributed by atoms with Gasteiger partial charge in [-0.2, -0.15) is 0 Å². The van der Waals surface area contributed by atoms with E-state index in [9.17, 15) is 0 Å². The molecule has 0 radical (unpaired) electrons. The minimum Gasteiger partial charge on any atom is -0.396 e. The highest BCUT2D eigenvalue weighted by molar-refractivity contribution is 4.81. The summed E-state index contributed by atoms with van der Waals surface area (Å²) >= 11 is 0. The van der Waals surface area contributed by atoms with Crippen molar-refractivity contribution in [2.24, 2.45) is 11.7 Å². The zero-order valence-corrected chi connectivity index (χ0v) is 7.22. The van der Waals surface area contributed by atoms with Gasteiger partial charge in [0.25, 0.3) is 0 Å². The third-order valence-electron chi connectivity index (χ3n) is 2.19. The average Bonchev–Trinajstić information content (AvgIpc) is 1.84. The summed E-state index contributed by atoms with van der Waals surface area (Å²) in [5.74, 6) is 0.485. The predicted molar refractivity (Wildman–Crippen MR) is 43.8 cm³/mol. The van der Waals surface area contributed by atoms with E-state index in [2.05, 4.69) is 13.8 Å². The lowest BCUT2D eigenvalue weighted by molar-refractivity contribution is 0.242. The number of rotatable bonds is 4. The fourth-order valence-corrected chi connectivity index (χ4v) is 0.749. The molecular formula is C8H19NO. The summed E-state index contributed by atoms with van der Waals surface area (Å²) in [5, 5.41) is 8.56. The number of hydrogen-bond acceptors (Lipinski definition) is 2. The van der Waals surface area contributed by atoms with Gasteiger partial charge in [0.1, 0.15) is 0 Å². The van der Waals surface area contributed by atoms with Crippen molar-refractivity contribution in [1.82, 2.24) is 0 Å². The van der Waals surface area contributed by atoms with Gasteiger partial charge >= 0.3 is 0 Å². The summed E-state index contributed by atoms with van der Waals surface area (Å²) in [7, 11) is 0. The molecule has 0 fully saturated rings. The first kappa shape index (κ1) is 9.92. The number of nitrogens with two attached hydrogens (primary N) is 1. The van der Waals surface area contributed by atoms with Crippen LogP contribution < -0.4 is 5.73 Å². The first-order valence-corrected chi connectivity index (χ1v) is 3.90. The van der Waals surface area contributed by atoms with E-state index in [4.69, 9.17) is 10.8 Å². The van der Waals surface area contributed by atoms with Gasteiger partial charge in [-0.15, -0.1) is 0 Å². The molecule has 0 aliphatic carbocycles. The predicted octanol–water partition coefficient (Wildman–Crippen LogP) is 1.13. The van der Waals surface area contributed by atoms with Crippen LogP contribution in [0.3, 0.4) is 0 Å². The Bertz CT molecular complexity index is 89.3. The van der Waals surface area contributed by atoms with Crippen molar-refractivity contribution in [3.05, 3.63) is 0 Å². The zero-order valence-electron chi connectivity index (χ0n) is 7.22. The molecule has 0 saturated carbocycles. The monoisotopic (exact) mass is 145 g/mol. The summed E-state index contributed by atoms with van der Waals surface area (Å²) < 4.78 is 0. The SMILES string of the molecule is CC(C)C(C)(N)CCCO. The number of aliphatic hydroxyl groups excluding tert-OH is 1. The van der Waals surface area contributed by atoms with Gasteiger partial charge in [-0.3, -0.25) is 0 Å². The third kappa shape index (κ3) is 3.18. The van der Waals surface area contributed by atoms with E-state index in [0.717, 1.165) is 12.8 Å². The van der Waals surface area contributed by atoms with E-state index in [1.165, 1.54) is 0 Å². The highest BCUT2D eigenvalue weighted by atomic mass is 16.2. The number of aliphatic hydroxyl groups is 1. The van der Waals surface area contributed by atoms with Crippen LogP contribution in [0.25, 0.3) is 0 Å². The standard InChI is InChI=1S/C8H19NO/c1-7(2)8(3,9)5-4-6-10/h7,10H,4-6,9H2,1-3H3. The van der Waals surface area contributed by atoms with E-state index in [0.29, 0.717) is 5.92 Å². The van der Waals surface area contributed by atoms with Crippen molar-refractivity contribution in [3.63, 3.8) is 0 Å². The Hall–Kier alpha value is -0.0800. The maximum absolute atomic E-state index is 8.56. The lowest BCUT2D eigenvalue weighted by Crippen LogP contribution is -2.41. The van der Waals surface area contributed by atoms with Gasteiger partial charge < -0.3 is 10.8 Å². The first-order valence-electron chi connectivity index (χ1n) is 3.90. The van der Waals surface area contributed by atoms with Crippen molar-refractivity contribution >= 4 is 0 Å². The second-order valence-electron chi connectivity index (χ2n) is 3.49. The second kappa shape index (κ2) is 3.94. The van der Waals surface area contributed by atoms with Crippen molar-refractivity contribution in [1.29, 1.82) is 0 Å². The van der Waals surface area contributed by atoms with Crippen LogP contribution in [0.5, 0.6) is 0 Å². The lowest BCUT2D eigenvalue weighted by atomic mass is 9.85. The van der Waals surface area contributed by atoms with Crippen molar-refractivity contribution in [2.45, 2.75) is 39.2 Å². The zero-order chi connectivity index (χ0) is 8.20. The normalized spacial score (nSPS) is 17.4. The van der Waals surface area contributed by atoms with Crippen LogP contribution >= 0.6 is 0 Å². The molecule has 0 rings (SSSR count). The van der Waals surface area contributed by atoms with E-state index < -0.39 is 0 Å². The van der Waals surface area contributed by atoms with Crippen LogP contribution in [-0.4, -0.2) is 17.3 Å². The maximum Gasteiger partial charge on any atom is 0.0431 e. The Labute approximate surface area is 63.4 Å². The van der Waals surface area contributed by atoms with Crippen LogP contribution in [0.2, 0.25) is 0 Å². The van der Waals surface area contributed by atoms with Gasteiger partial charge in [0.05, 0.1) is 0 Å². The van der Waals surface area contributed by atoms with E-state index in [1.54, 1.807) is 0 Å². The van der Waals surface area contributed by atoms with Crippen molar-refractivity contribution in [2.75, 3.05) is 6.61 Å². The molecule has 0 aliphatic heterocycles. The van der Waals surface area contributed by atoms with Gasteiger partial charge in [0.15, 0.2) is 0 Å². The molecule has 62 valence electrons. The fourth-order valence-electron chi connectivity index (χ4n) is 0.749. The lowest BCUT2D eigenvalue weighted by Gasteiger charge is -2.28. The van der Waals surface area contributed by atoms with Crippen molar-refractivity contribution < 1.29 is 5.11 Å². The van der Waals surface area contributed by atoms with Gasteiger partial charge in [0, 0.05) is 12.1 Å². The Balaban J connectivity index is 3.63. The Morgan fingerprint density at radius 3 is 2.30 bits per heavy atom. The fraction of sp³-hybridized carbons (Fsp3) is 1.00. The largest absolute Gasteiger partial charge is 0.396 e. The van der Waals surface area contributed by atoms with Crippen LogP contribution in [0, 0.1) is 5.92 Å². The van der Waals surface area contributed by atoms with Crippen molar-refractivity contribution in [3.8, 4) is 0 Å². The Morgan fingerprint density at radius 1 is 1.50 bits per heavy atom. The van der Waals surface area contributed by atoms with Crippen LogP contribution in [0.4, 0.5) is 0 Å². The molecule has 0 saturated heterocycles. The summed E-state index contributed by atoms with van der Waals surface area (Å²) in [4.78, 5) is 0. The maximum atomic E-state index is 8.56.